The van der Waals surface area contributed by atoms with E-state index < -0.39 is 0 Å². The third-order valence-electron chi connectivity index (χ3n) is 18.8. The van der Waals surface area contributed by atoms with Gasteiger partial charge in [-0.05, 0) is 95.1 Å². The molecule has 0 radical (unpaired) electrons. The lowest BCUT2D eigenvalue weighted by molar-refractivity contribution is 1.05. The summed E-state index contributed by atoms with van der Waals surface area (Å²) in [7, 11) is 0. The first-order valence-electron chi connectivity index (χ1n) is 33.3. The van der Waals surface area contributed by atoms with Gasteiger partial charge in [-0.3, -0.25) is 4.57 Å². The predicted molar refractivity (Wildman–Crippen MR) is 415 cm³/mol. The van der Waals surface area contributed by atoms with E-state index in [1.54, 1.807) is 0 Å². The number of hydrogen-bond donors (Lipinski definition) is 0. The minimum atomic E-state index is 0.582. The van der Waals surface area contributed by atoms with E-state index in [4.69, 9.17) is 34.9 Å². The van der Waals surface area contributed by atoms with E-state index in [0.717, 1.165) is 67.0 Å². The number of rotatable bonds is 10. The molecule has 468 valence electrons. The molecular formula is C89H55N9S2. The Labute approximate surface area is 582 Å². The molecule has 9 nitrogen and oxygen atoms in total. The summed E-state index contributed by atoms with van der Waals surface area (Å²) >= 11 is 3.73. The molecule has 100 heavy (non-hydrogen) atoms. The van der Waals surface area contributed by atoms with E-state index in [1.807, 2.05) is 150 Å². The second kappa shape index (κ2) is 24.6. The monoisotopic (exact) mass is 1310 g/mol. The molecule has 0 aliphatic heterocycles. The van der Waals surface area contributed by atoms with Crippen LogP contribution in [0.15, 0.2) is 334 Å². The minimum absolute atomic E-state index is 0.582. The summed E-state index contributed by atoms with van der Waals surface area (Å²) in [5.74, 6) is 4.61. The van der Waals surface area contributed by atoms with Crippen molar-refractivity contribution in [2.75, 3.05) is 0 Å². The molecule has 0 saturated heterocycles. The summed E-state index contributed by atoms with van der Waals surface area (Å²) in [6.45, 7) is 0. The van der Waals surface area contributed by atoms with E-state index >= 15 is 0 Å². The van der Waals surface area contributed by atoms with Crippen molar-refractivity contribution in [2.45, 2.75) is 0 Å². The van der Waals surface area contributed by atoms with Crippen molar-refractivity contribution >= 4 is 107 Å². The van der Waals surface area contributed by atoms with Gasteiger partial charge in [-0.1, -0.05) is 255 Å². The Morgan fingerprint density at radius 3 is 1.03 bits per heavy atom. The molecule has 0 atom stereocenters. The van der Waals surface area contributed by atoms with Gasteiger partial charge in [0.1, 0.15) is 5.82 Å². The number of benzene rings is 13. The largest absolute Gasteiger partial charge is 0.309 e. The number of para-hydroxylation sites is 2. The van der Waals surface area contributed by atoms with Crippen LogP contribution in [-0.2, 0) is 0 Å². The third kappa shape index (κ3) is 10.3. The van der Waals surface area contributed by atoms with Crippen LogP contribution >= 0.6 is 22.7 Å². The van der Waals surface area contributed by atoms with Gasteiger partial charge in [0.05, 0.1) is 22.1 Å². The van der Waals surface area contributed by atoms with Crippen molar-refractivity contribution in [3.05, 3.63) is 334 Å². The number of aromatic nitrogens is 9. The van der Waals surface area contributed by atoms with Crippen molar-refractivity contribution in [1.82, 2.24) is 44.0 Å². The Morgan fingerprint density at radius 1 is 0.220 bits per heavy atom. The fourth-order valence-corrected chi connectivity index (χ4v) is 16.5. The van der Waals surface area contributed by atoms with Gasteiger partial charge in [0, 0.05) is 107 Å². The molecule has 20 rings (SSSR count). The molecule has 0 amide bonds. The second-order valence-corrected chi connectivity index (χ2v) is 26.9. The smallest absolute Gasteiger partial charge is 0.165 e. The molecule has 20 aromatic rings. The van der Waals surface area contributed by atoms with Crippen LogP contribution in [0, 0.1) is 0 Å². The normalized spacial score (nSPS) is 11.6. The van der Waals surface area contributed by atoms with E-state index in [-0.39, 0.29) is 0 Å². The van der Waals surface area contributed by atoms with Crippen molar-refractivity contribution in [2.24, 2.45) is 0 Å². The van der Waals surface area contributed by atoms with Crippen molar-refractivity contribution in [3.63, 3.8) is 0 Å². The number of pyridine rings is 1. The van der Waals surface area contributed by atoms with Gasteiger partial charge in [0.2, 0.25) is 0 Å². The van der Waals surface area contributed by atoms with Crippen LogP contribution in [0.2, 0.25) is 0 Å². The average Bonchev–Trinajstić information content (AvgIpc) is 1.59. The van der Waals surface area contributed by atoms with Crippen molar-refractivity contribution < 1.29 is 0 Å². The van der Waals surface area contributed by atoms with E-state index in [1.165, 1.54) is 84.1 Å². The van der Waals surface area contributed by atoms with E-state index in [2.05, 4.69) is 215 Å². The summed E-state index contributed by atoms with van der Waals surface area (Å²) in [6.07, 6.45) is 1.87. The van der Waals surface area contributed by atoms with Gasteiger partial charge < -0.3 is 4.57 Å². The standard InChI is InChI=1S/C45H28N4S.C44H27N5S/c1-3-13-29(14-4-1)43-46-44(30-15-5-2-6-16-30)48-45(47-43)32-17-11-18-33(27-32)49-39-23-9-7-19-35(39)38-28-31(25-26-40(38)49)34-21-12-22-37-36-20-8-10-24-41(36)50-42(34)37;1-3-12-28(13-4-1)42-46-43(29-14-5-2-6-15-29)48-44(47-42)31-23-25-40(45-27-31)49-37-20-9-7-16-33(37)36-26-30(22-24-38(36)49)32-18-11-19-35-34-17-8-10-21-39(34)50-41(32)35/h1-28H;1-27H. The summed E-state index contributed by atoms with van der Waals surface area (Å²) in [6, 6.07) is 115. The average molecular weight is 1310 g/mol. The predicted octanol–water partition coefficient (Wildman–Crippen LogP) is 23.4. The number of thiophene rings is 2. The molecule has 0 spiro atoms. The Balaban J connectivity index is 0.000000139. The Bertz CT molecular complexity index is 6410. The van der Waals surface area contributed by atoms with Gasteiger partial charge in [-0.2, -0.15) is 0 Å². The van der Waals surface area contributed by atoms with Gasteiger partial charge in [-0.15, -0.1) is 22.7 Å². The maximum Gasteiger partial charge on any atom is 0.165 e. The summed E-state index contributed by atoms with van der Waals surface area (Å²) in [4.78, 5) is 34.5. The highest BCUT2D eigenvalue weighted by molar-refractivity contribution is 7.26. The molecule has 0 bridgehead atoms. The van der Waals surface area contributed by atoms with Crippen molar-refractivity contribution in [3.8, 4) is 102 Å². The maximum atomic E-state index is 5.01. The Kier molecular flexibility index (Phi) is 14.4. The van der Waals surface area contributed by atoms with Crippen LogP contribution in [0.5, 0.6) is 0 Å². The molecule has 7 aromatic heterocycles. The van der Waals surface area contributed by atoms with E-state index in [0.29, 0.717) is 34.9 Å². The lowest BCUT2D eigenvalue weighted by atomic mass is 10.0. The van der Waals surface area contributed by atoms with Crippen LogP contribution in [-0.4, -0.2) is 44.0 Å². The first-order chi connectivity index (χ1) is 49.6. The quantitative estimate of drug-likeness (QED) is 0.134. The molecular weight excluding hydrogens is 1260 g/mol. The lowest BCUT2D eigenvalue weighted by Gasteiger charge is -2.12. The Hall–Kier alpha value is -12.9. The highest BCUT2D eigenvalue weighted by Crippen LogP contribution is 2.45. The van der Waals surface area contributed by atoms with Gasteiger partial charge >= 0.3 is 0 Å². The van der Waals surface area contributed by atoms with Gasteiger partial charge in [-0.25, -0.2) is 34.9 Å². The molecule has 0 fully saturated rings. The van der Waals surface area contributed by atoms with Gasteiger partial charge in [0.25, 0.3) is 0 Å². The molecule has 7 heterocycles. The third-order valence-corrected chi connectivity index (χ3v) is 21.2. The highest BCUT2D eigenvalue weighted by Gasteiger charge is 2.21. The molecule has 0 unspecified atom stereocenters. The number of fused-ring (bicyclic) bond motifs is 12. The zero-order valence-electron chi connectivity index (χ0n) is 53.6. The maximum absolute atomic E-state index is 5.01. The fourth-order valence-electron chi connectivity index (χ4n) is 14.1. The summed E-state index contributed by atoms with van der Waals surface area (Å²) in [5.41, 5.74) is 16.1. The molecule has 0 N–H and O–H groups in total. The Morgan fingerprint density at radius 2 is 0.570 bits per heavy atom. The minimum Gasteiger partial charge on any atom is -0.309 e. The first kappa shape index (κ1) is 58.4. The summed E-state index contributed by atoms with van der Waals surface area (Å²) in [5, 5.41) is 10.1. The SMILES string of the molecule is c1ccc(-c2nc(-c3ccccc3)nc(-c3ccc(-n4c5ccccc5c5cc(-c6cccc7c6sc6ccccc67)ccc54)nc3)n2)cc1.c1ccc(-c2nc(-c3ccccc3)nc(-c3cccc(-n4c5ccccc5c5cc(-c6cccc7c6sc6ccccc67)ccc54)c3)n2)cc1. The van der Waals surface area contributed by atoms with E-state index in [9.17, 15) is 0 Å². The molecule has 0 saturated carbocycles. The van der Waals surface area contributed by atoms with Crippen LogP contribution in [0.1, 0.15) is 0 Å². The lowest BCUT2D eigenvalue weighted by Crippen LogP contribution is -2.01. The van der Waals surface area contributed by atoms with Crippen LogP contribution in [0.3, 0.4) is 0 Å². The van der Waals surface area contributed by atoms with Crippen LogP contribution in [0.4, 0.5) is 0 Å². The number of hydrogen-bond acceptors (Lipinski definition) is 9. The summed E-state index contributed by atoms with van der Waals surface area (Å²) < 4.78 is 9.88. The zero-order chi connectivity index (χ0) is 66.0. The van der Waals surface area contributed by atoms with Crippen molar-refractivity contribution in [1.29, 1.82) is 0 Å². The molecule has 11 heteroatoms. The van der Waals surface area contributed by atoms with Crippen LogP contribution < -0.4 is 0 Å². The molecule has 0 aliphatic carbocycles. The molecule has 0 aliphatic rings. The zero-order valence-corrected chi connectivity index (χ0v) is 55.2. The highest BCUT2D eigenvalue weighted by atomic mass is 32.1. The van der Waals surface area contributed by atoms with Crippen LogP contribution in [0.25, 0.3) is 186 Å². The van der Waals surface area contributed by atoms with Gasteiger partial charge in [0.15, 0.2) is 34.9 Å². The first-order valence-corrected chi connectivity index (χ1v) is 34.9. The topological polar surface area (TPSA) is 100 Å². The number of nitrogens with zero attached hydrogens (tertiary/aromatic N) is 9. The molecule has 13 aromatic carbocycles. The fraction of sp³-hybridized carbons (Fsp3) is 0. The second-order valence-electron chi connectivity index (χ2n) is 24.8.